The van der Waals surface area contributed by atoms with Crippen molar-refractivity contribution in [1.82, 2.24) is 0 Å². The normalized spacial score (nSPS) is 13.1. The van der Waals surface area contributed by atoms with Crippen LogP contribution in [0.4, 0.5) is 20.2 Å². The molecule has 1 atom stereocenters. The molecule has 0 fully saturated rings. The zero-order chi connectivity index (χ0) is 15.5. The Kier molecular flexibility index (Phi) is 4.99. The lowest BCUT2D eigenvalue weighted by Gasteiger charge is -2.27. The number of benzene rings is 1. The first kappa shape index (κ1) is 16.3. The number of nitro benzene ring substituents is 1. The maximum absolute atomic E-state index is 13.7. The van der Waals surface area contributed by atoms with Crippen LogP contribution in [0, 0.1) is 21.7 Å². The molecule has 0 amide bonds. The van der Waals surface area contributed by atoms with Crippen LogP contribution in [0.1, 0.15) is 27.2 Å². The molecule has 0 bridgehead atoms. The van der Waals surface area contributed by atoms with Crippen LogP contribution in [0.25, 0.3) is 0 Å². The first-order chi connectivity index (χ1) is 9.18. The van der Waals surface area contributed by atoms with Gasteiger partial charge in [-0.3, -0.25) is 10.1 Å². The Bertz CT molecular complexity index is 507. The lowest BCUT2D eigenvalue weighted by atomic mass is 9.99. The van der Waals surface area contributed by atoms with Gasteiger partial charge in [-0.15, -0.1) is 0 Å². The van der Waals surface area contributed by atoms with Gasteiger partial charge in [-0.2, -0.15) is 0 Å². The van der Waals surface area contributed by atoms with Gasteiger partial charge in [0.25, 0.3) is 5.69 Å². The molecule has 20 heavy (non-hydrogen) atoms. The summed E-state index contributed by atoms with van der Waals surface area (Å²) in [5.74, 6) is -2.38. The second kappa shape index (κ2) is 6.13. The topological polar surface area (TPSA) is 64.4 Å². The first-order valence-electron chi connectivity index (χ1n) is 6.12. The maximum atomic E-state index is 13.7. The number of ether oxygens (including phenoxy) is 1. The van der Waals surface area contributed by atoms with E-state index in [-0.39, 0.29) is 6.04 Å². The summed E-state index contributed by atoms with van der Waals surface area (Å²) >= 11 is 0. The molecule has 7 heteroatoms. The third-order valence-electron chi connectivity index (χ3n) is 3.01. The lowest BCUT2D eigenvalue weighted by molar-refractivity contribution is -0.384. The van der Waals surface area contributed by atoms with Crippen LogP contribution in [-0.2, 0) is 4.74 Å². The Morgan fingerprint density at radius 3 is 2.55 bits per heavy atom. The minimum Gasteiger partial charge on any atom is -0.379 e. The SMILES string of the molecule is COC(C)(C)CC(C)Nc1c([N+](=O)[O-])ccc(F)c1F. The third-order valence-corrected chi connectivity index (χ3v) is 3.01. The fourth-order valence-electron chi connectivity index (χ4n) is 1.95. The Balaban J connectivity index is 3.02. The molecular formula is C13H18F2N2O3. The molecule has 0 saturated heterocycles. The summed E-state index contributed by atoms with van der Waals surface area (Å²) in [6.45, 7) is 5.39. The molecule has 5 nitrogen and oxygen atoms in total. The number of nitrogens with one attached hydrogen (secondary N) is 1. The van der Waals surface area contributed by atoms with Crippen molar-refractivity contribution >= 4 is 11.4 Å². The van der Waals surface area contributed by atoms with Gasteiger partial charge < -0.3 is 10.1 Å². The zero-order valence-electron chi connectivity index (χ0n) is 11.9. The van der Waals surface area contributed by atoms with Crippen LogP contribution in [0.3, 0.4) is 0 Å². The largest absolute Gasteiger partial charge is 0.379 e. The van der Waals surface area contributed by atoms with E-state index in [0.717, 1.165) is 12.1 Å². The molecule has 0 aromatic heterocycles. The van der Waals surface area contributed by atoms with Crippen LogP contribution in [-0.4, -0.2) is 23.7 Å². The lowest BCUT2D eigenvalue weighted by Crippen LogP contribution is -2.31. The van der Waals surface area contributed by atoms with Gasteiger partial charge in [-0.1, -0.05) is 0 Å². The fourth-order valence-corrected chi connectivity index (χ4v) is 1.95. The molecule has 112 valence electrons. The summed E-state index contributed by atoms with van der Waals surface area (Å²) in [4.78, 5) is 10.1. The molecule has 0 spiro atoms. The average Bonchev–Trinajstić information content (AvgIpc) is 2.34. The van der Waals surface area contributed by atoms with Crippen molar-refractivity contribution in [2.24, 2.45) is 0 Å². The zero-order valence-corrected chi connectivity index (χ0v) is 11.9. The second-order valence-electron chi connectivity index (χ2n) is 5.23. The number of hydrogen-bond acceptors (Lipinski definition) is 4. The van der Waals surface area contributed by atoms with Gasteiger partial charge in [-0.05, 0) is 33.3 Å². The van der Waals surface area contributed by atoms with E-state index in [4.69, 9.17) is 4.74 Å². The van der Waals surface area contributed by atoms with Crippen molar-refractivity contribution in [3.63, 3.8) is 0 Å². The van der Waals surface area contributed by atoms with E-state index in [2.05, 4.69) is 5.32 Å². The summed E-state index contributed by atoms with van der Waals surface area (Å²) in [6.07, 6.45) is 0.469. The van der Waals surface area contributed by atoms with E-state index in [1.807, 2.05) is 13.8 Å². The molecular weight excluding hydrogens is 270 g/mol. The van der Waals surface area contributed by atoms with E-state index in [1.54, 1.807) is 6.92 Å². The van der Waals surface area contributed by atoms with Crippen molar-refractivity contribution in [2.45, 2.75) is 38.8 Å². The number of rotatable bonds is 6. The van der Waals surface area contributed by atoms with Crippen LogP contribution < -0.4 is 5.32 Å². The summed E-state index contributed by atoms with van der Waals surface area (Å²) in [5, 5.41) is 13.5. The quantitative estimate of drug-likeness (QED) is 0.643. The van der Waals surface area contributed by atoms with Crippen LogP contribution >= 0.6 is 0 Å². The summed E-state index contributed by atoms with van der Waals surface area (Å²) in [6, 6.07) is 1.34. The molecule has 0 radical (unpaired) electrons. The number of nitrogens with zero attached hydrogens (tertiary/aromatic N) is 1. The highest BCUT2D eigenvalue weighted by atomic mass is 19.2. The molecule has 0 heterocycles. The molecule has 0 aliphatic carbocycles. The predicted molar refractivity (Wildman–Crippen MR) is 71.8 cm³/mol. The van der Waals surface area contributed by atoms with Crippen molar-refractivity contribution in [3.8, 4) is 0 Å². The standard InChI is InChI=1S/C13H18F2N2O3/c1-8(7-13(2,3)20-4)16-12-10(17(18)19)6-5-9(14)11(12)15/h5-6,8,16H,7H2,1-4H3. The Morgan fingerprint density at radius 1 is 1.45 bits per heavy atom. The molecule has 1 aromatic carbocycles. The molecule has 0 aliphatic rings. The molecule has 0 saturated carbocycles. The summed E-state index contributed by atoms with van der Waals surface area (Å²) in [5.41, 5.74) is -1.41. The Hall–Kier alpha value is -1.76. The number of methoxy groups -OCH3 is 1. The maximum Gasteiger partial charge on any atom is 0.295 e. The van der Waals surface area contributed by atoms with Gasteiger partial charge in [0.05, 0.1) is 10.5 Å². The van der Waals surface area contributed by atoms with E-state index in [0.29, 0.717) is 6.42 Å². The minimum absolute atomic E-state index is 0.333. The van der Waals surface area contributed by atoms with Crippen LogP contribution in [0.15, 0.2) is 12.1 Å². The predicted octanol–water partition coefficient (Wildman–Crippen LogP) is 3.49. The molecule has 0 aliphatic heterocycles. The number of hydrogen-bond donors (Lipinski definition) is 1. The first-order valence-corrected chi connectivity index (χ1v) is 6.12. The monoisotopic (exact) mass is 288 g/mol. The van der Waals surface area contributed by atoms with Gasteiger partial charge >= 0.3 is 0 Å². The van der Waals surface area contributed by atoms with Crippen molar-refractivity contribution < 1.29 is 18.4 Å². The molecule has 1 aromatic rings. The van der Waals surface area contributed by atoms with Crippen molar-refractivity contribution in [3.05, 3.63) is 33.9 Å². The average molecular weight is 288 g/mol. The molecule has 1 unspecified atom stereocenters. The number of anilines is 1. The van der Waals surface area contributed by atoms with E-state index < -0.39 is 33.5 Å². The third kappa shape index (κ3) is 3.86. The van der Waals surface area contributed by atoms with Crippen molar-refractivity contribution in [1.29, 1.82) is 0 Å². The number of nitro groups is 1. The van der Waals surface area contributed by atoms with Gasteiger partial charge in [0.1, 0.15) is 0 Å². The van der Waals surface area contributed by atoms with Crippen molar-refractivity contribution in [2.75, 3.05) is 12.4 Å². The highest BCUT2D eigenvalue weighted by Gasteiger charge is 2.26. The fraction of sp³-hybridized carbons (Fsp3) is 0.538. The van der Waals surface area contributed by atoms with Gasteiger partial charge in [0, 0.05) is 19.2 Å². The van der Waals surface area contributed by atoms with E-state index >= 15 is 0 Å². The van der Waals surface area contributed by atoms with Gasteiger partial charge in [0.2, 0.25) is 0 Å². The molecule has 1 N–H and O–H groups in total. The second-order valence-corrected chi connectivity index (χ2v) is 5.23. The molecule has 1 rings (SSSR count). The van der Waals surface area contributed by atoms with Crippen LogP contribution in [0.2, 0.25) is 0 Å². The van der Waals surface area contributed by atoms with Gasteiger partial charge in [-0.25, -0.2) is 8.78 Å². The summed E-state index contributed by atoms with van der Waals surface area (Å²) < 4.78 is 32.2. The van der Waals surface area contributed by atoms with Gasteiger partial charge in [0.15, 0.2) is 17.3 Å². The number of halogens is 2. The highest BCUT2D eigenvalue weighted by Crippen LogP contribution is 2.30. The van der Waals surface area contributed by atoms with E-state index in [9.17, 15) is 18.9 Å². The van der Waals surface area contributed by atoms with E-state index in [1.165, 1.54) is 7.11 Å². The highest BCUT2D eigenvalue weighted by molar-refractivity contribution is 5.63. The Morgan fingerprint density at radius 2 is 2.05 bits per heavy atom. The smallest absolute Gasteiger partial charge is 0.295 e. The Labute approximate surface area is 116 Å². The summed E-state index contributed by atoms with van der Waals surface area (Å²) in [7, 11) is 1.54. The van der Waals surface area contributed by atoms with Crippen LogP contribution in [0.5, 0.6) is 0 Å². The minimum atomic E-state index is -1.25.